The molecule has 1 nitrogen and oxygen atoms in total. The van der Waals surface area contributed by atoms with Gasteiger partial charge in [0.25, 0.3) is 0 Å². The number of Topliss-reactive ketones (excluding diaryl/α,β-unsaturated/α-hetero) is 1. The van der Waals surface area contributed by atoms with Gasteiger partial charge in [0.1, 0.15) is 0 Å². The molecule has 0 radical (unpaired) electrons. The zero-order chi connectivity index (χ0) is 10.1. The molecule has 0 unspecified atom stereocenters. The molecule has 0 N–H and O–H groups in total. The van der Waals surface area contributed by atoms with Crippen molar-refractivity contribution in [1.29, 1.82) is 0 Å². The summed E-state index contributed by atoms with van der Waals surface area (Å²) in [6.45, 7) is 8.07. The fourth-order valence-electron chi connectivity index (χ4n) is 1.15. The molecule has 0 aromatic carbocycles. The fourth-order valence-corrected chi connectivity index (χ4v) is 1.84. The molecule has 1 aromatic heterocycles. The van der Waals surface area contributed by atoms with Crippen LogP contribution in [0, 0.1) is 12.3 Å². The lowest BCUT2D eigenvalue weighted by Gasteiger charge is -2.20. The second-order valence-electron chi connectivity index (χ2n) is 3.96. The first kappa shape index (κ1) is 10.5. The minimum Gasteiger partial charge on any atom is -0.294 e. The van der Waals surface area contributed by atoms with E-state index in [1.54, 1.807) is 11.3 Å². The van der Waals surface area contributed by atoms with E-state index in [1.807, 2.05) is 32.2 Å². The number of ketones is 1. The van der Waals surface area contributed by atoms with Crippen LogP contribution in [-0.2, 0) is 0 Å². The van der Waals surface area contributed by atoms with Crippen molar-refractivity contribution in [2.75, 3.05) is 0 Å². The van der Waals surface area contributed by atoms with Gasteiger partial charge in [-0.05, 0) is 24.8 Å². The van der Waals surface area contributed by atoms with Gasteiger partial charge in [-0.15, -0.1) is 11.3 Å². The molecule has 1 aromatic rings. The highest BCUT2D eigenvalue weighted by molar-refractivity contribution is 7.10. The smallest absolute Gasteiger partial charge is 0.169 e. The van der Waals surface area contributed by atoms with Crippen LogP contribution in [-0.4, -0.2) is 5.78 Å². The first-order valence-electron chi connectivity index (χ1n) is 4.58. The maximum atomic E-state index is 12.0. The minimum atomic E-state index is -0.216. The Morgan fingerprint density at radius 3 is 2.54 bits per heavy atom. The summed E-state index contributed by atoms with van der Waals surface area (Å²) in [7, 11) is 0. The number of thiophene rings is 1. The Hall–Kier alpha value is -0.630. The SMILES string of the molecule is CCC(C)(C)C(=O)c1ccsc1C. The van der Waals surface area contributed by atoms with E-state index in [0.29, 0.717) is 0 Å². The molecule has 13 heavy (non-hydrogen) atoms. The second kappa shape index (κ2) is 3.62. The summed E-state index contributed by atoms with van der Waals surface area (Å²) in [5.41, 5.74) is 0.683. The lowest BCUT2D eigenvalue weighted by Crippen LogP contribution is -2.23. The highest BCUT2D eigenvalue weighted by Crippen LogP contribution is 2.28. The van der Waals surface area contributed by atoms with Gasteiger partial charge in [-0.1, -0.05) is 20.8 Å². The van der Waals surface area contributed by atoms with Crippen molar-refractivity contribution in [3.05, 3.63) is 21.9 Å². The van der Waals surface area contributed by atoms with E-state index in [1.165, 1.54) is 0 Å². The van der Waals surface area contributed by atoms with Crippen molar-refractivity contribution in [1.82, 2.24) is 0 Å². The lowest BCUT2D eigenvalue weighted by atomic mass is 9.82. The number of carbonyl (C=O) groups excluding carboxylic acids is 1. The Balaban J connectivity index is 2.98. The average Bonchev–Trinajstić information content (AvgIpc) is 2.50. The van der Waals surface area contributed by atoms with Crippen LogP contribution in [0.15, 0.2) is 11.4 Å². The molecule has 0 aliphatic rings. The maximum absolute atomic E-state index is 12.0. The molecule has 72 valence electrons. The first-order chi connectivity index (χ1) is 5.99. The van der Waals surface area contributed by atoms with Gasteiger partial charge in [0, 0.05) is 15.9 Å². The quantitative estimate of drug-likeness (QED) is 0.674. The Morgan fingerprint density at radius 1 is 1.54 bits per heavy atom. The van der Waals surface area contributed by atoms with Crippen molar-refractivity contribution in [3.8, 4) is 0 Å². The summed E-state index contributed by atoms with van der Waals surface area (Å²) >= 11 is 1.64. The van der Waals surface area contributed by atoms with E-state index in [2.05, 4.69) is 6.92 Å². The van der Waals surface area contributed by atoms with Gasteiger partial charge < -0.3 is 0 Å². The van der Waals surface area contributed by atoms with Crippen molar-refractivity contribution in [2.24, 2.45) is 5.41 Å². The minimum absolute atomic E-state index is 0.216. The van der Waals surface area contributed by atoms with Crippen LogP contribution in [0.1, 0.15) is 42.4 Å². The number of hydrogen-bond donors (Lipinski definition) is 0. The molecule has 0 bridgehead atoms. The molecule has 0 saturated carbocycles. The highest BCUT2D eigenvalue weighted by atomic mass is 32.1. The molecule has 0 saturated heterocycles. The van der Waals surface area contributed by atoms with E-state index >= 15 is 0 Å². The summed E-state index contributed by atoms with van der Waals surface area (Å²) in [5, 5.41) is 1.98. The third-order valence-electron chi connectivity index (χ3n) is 2.60. The molecule has 1 rings (SSSR count). The molecule has 0 aliphatic carbocycles. The molecule has 1 heterocycles. The van der Waals surface area contributed by atoms with Gasteiger partial charge in [-0.2, -0.15) is 0 Å². The van der Waals surface area contributed by atoms with Crippen LogP contribution in [0.4, 0.5) is 0 Å². The van der Waals surface area contributed by atoms with E-state index in [-0.39, 0.29) is 11.2 Å². The standard InChI is InChI=1S/C11H16OS/c1-5-11(3,4)10(12)9-6-7-13-8(9)2/h6-7H,5H2,1-4H3. The number of rotatable bonds is 3. The van der Waals surface area contributed by atoms with Gasteiger partial charge in [0.05, 0.1) is 0 Å². The molecule has 0 fully saturated rings. The van der Waals surface area contributed by atoms with Crippen molar-refractivity contribution in [3.63, 3.8) is 0 Å². The maximum Gasteiger partial charge on any atom is 0.169 e. The Bertz CT molecular complexity index is 310. The fraction of sp³-hybridized carbons (Fsp3) is 0.545. The predicted octanol–water partition coefficient (Wildman–Crippen LogP) is 3.68. The molecular weight excluding hydrogens is 180 g/mol. The predicted molar refractivity (Wildman–Crippen MR) is 57.5 cm³/mol. The summed E-state index contributed by atoms with van der Waals surface area (Å²) < 4.78 is 0. The van der Waals surface area contributed by atoms with Gasteiger partial charge >= 0.3 is 0 Å². The molecular formula is C11H16OS. The Morgan fingerprint density at radius 2 is 2.15 bits per heavy atom. The average molecular weight is 196 g/mol. The normalized spacial score (nSPS) is 11.7. The summed E-state index contributed by atoms with van der Waals surface area (Å²) in [6, 6.07) is 1.93. The Labute approximate surface area is 83.8 Å². The van der Waals surface area contributed by atoms with E-state index in [0.717, 1.165) is 16.9 Å². The largest absolute Gasteiger partial charge is 0.294 e. The van der Waals surface area contributed by atoms with Gasteiger partial charge in [-0.3, -0.25) is 4.79 Å². The molecule has 0 aliphatic heterocycles. The third-order valence-corrected chi connectivity index (χ3v) is 3.45. The third kappa shape index (κ3) is 1.99. The van der Waals surface area contributed by atoms with E-state index < -0.39 is 0 Å². The zero-order valence-corrected chi connectivity index (χ0v) is 9.49. The molecule has 0 atom stereocenters. The van der Waals surface area contributed by atoms with Crippen LogP contribution in [0.2, 0.25) is 0 Å². The second-order valence-corrected chi connectivity index (χ2v) is 5.08. The molecule has 2 heteroatoms. The zero-order valence-electron chi connectivity index (χ0n) is 8.68. The monoisotopic (exact) mass is 196 g/mol. The van der Waals surface area contributed by atoms with Gasteiger partial charge in [0.2, 0.25) is 0 Å². The lowest BCUT2D eigenvalue weighted by molar-refractivity contribution is 0.0833. The van der Waals surface area contributed by atoms with Crippen LogP contribution < -0.4 is 0 Å². The van der Waals surface area contributed by atoms with Crippen LogP contribution >= 0.6 is 11.3 Å². The van der Waals surface area contributed by atoms with Crippen molar-refractivity contribution in [2.45, 2.75) is 34.1 Å². The van der Waals surface area contributed by atoms with Crippen LogP contribution in [0.5, 0.6) is 0 Å². The Kier molecular flexibility index (Phi) is 2.91. The molecule has 0 spiro atoms. The number of aryl methyl sites for hydroxylation is 1. The van der Waals surface area contributed by atoms with Crippen LogP contribution in [0.3, 0.4) is 0 Å². The van der Waals surface area contributed by atoms with Gasteiger partial charge in [-0.25, -0.2) is 0 Å². The van der Waals surface area contributed by atoms with Crippen molar-refractivity contribution < 1.29 is 4.79 Å². The van der Waals surface area contributed by atoms with Crippen molar-refractivity contribution >= 4 is 17.1 Å². The summed E-state index contributed by atoms with van der Waals surface area (Å²) in [4.78, 5) is 13.1. The number of carbonyl (C=O) groups is 1. The van der Waals surface area contributed by atoms with Gasteiger partial charge in [0.15, 0.2) is 5.78 Å². The summed E-state index contributed by atoms with van der Waals surface area (Å²) in [5.74, 6) is 0.272. The van der Waals surface area contributed by atoms with Crippen LogP contribution in [0.25, 0.3) is 0 Å². The first-order valence-corrected chi connectivity index (χ1v) is 5.46. The number of hydrogen-bond acceptors (Lipinski definition) is 2. The van der Waals surface area contributed by atoms with E-state index in [4.69, 9.17) is 0 Å². The summed E-state index contributed by atoms with van der Waals surface area (Å²) in [6.07, 6.45) is 0.890. The highest BCUT2D eigenvalue weighted by Gasteiger charge is 2.27. The topological polar surface area (TPSA) is 17.1 Å². The van der Waals surface area contributed by atoms with E-state index in [9.17, 15) is 4.79 Å². The molecule has 0 amide bonds.